The number of furan rings is 1. The summed E-state index contributed by atoms with van der Waals surface area (Å²) in [6.07, 6.45) is 1.62. The van der Waals surface area contributed by atoms with E-state index in [4.69, 9.17) is 14.9 Å². The van der Waals surface area contributed by atoms with Gasteiger partial charge in [0.15, 0.2) is 0 Å². The first-order valence-electron chi connectivity index (χ1n) is 4.46. The molecule has 0 fully saturated rings. The molecule has 0 amide bonds. The second kappa shape index (κ2) is 4.57. The second-order valence-electron chi connectivity index (χ2n) is 3.05. The monoisotopic (exact) mass is 315 g/mol. The van der Waals surface area contributed by atoms with Crippen molar-refractivity contribution < 1.29 is 9.15 Å². The van der Waals surface area contributed by atoms with Crippen LogP contribution in [0, 0.1) is 3.57 Å². The number of ether oxygens (including phenoxy) is 1. The Balaban J connectivity index is 2.05. The van der Waals surface area contributed by atoms with Crippen molar-refractivity contribution in [1.82, 2.24) is 0 Å². The summed E-state index contributed by atoms with van der Waals surface area (Å²) in [7, 11) is 0. The fraction of sp³-hybridized carbons (Fsp3) is 0.0909. The average Bonchev–Trinajstić information content (AvgIpc) is 2.69. The third kappa shape index (κ3) is 2.65. The van der Waals surface area contributed by atoms with E-state index in [1.165, 1.54) is 0 Å². The summed E-state index contributed by atoms with van der Waals surface area (Å²) in [4.78, 5) is 0. The van der Waals surface area contributed by atoms with Gasteiger partial charge in [-0.05, 0) is 52.9 Å². The molecule has 15 heavy (non-hydrogen) atoms. The molecule has 2 N–H and O–H groups in total. The van der Waals surface area contributed by atoms with Crippen LogP contribution in [-0.4, -0.2) is 0 Å². The van der Waals surface area contributed by atoms with E-state index >= 15 is 0 Å². The van der Waals surface area contributed by atoms with Crippen LogP contribution in [0.15, 0.2) is 41.0 Å². The lowest BCUT2D eigenvalue weighted by Crippen LogP contribution is -1.97. The number of nitrogens with two attached hydrogens (primary N) is 1. The Morgan fingerprint density at radius 1 is 1.33 bits per heavy atom. The first-order valence-corrected chi connectivity index (χ1v) is 5.54. The van der Waals surface area contributed by atoms with Crippen LogP contribution in [0.2, 0.25) is 0 Å². The molecule has 0 radical (unpaired) electrons. The van der Waals surface area contributed by atoms with Gasteiger partial charge in [0.25, 0.3) is 0 Å². The van der Waals surface area contributed by atoms with E-state index in [2.05, 4.69) is 22.6 Å². The molecule has 0 aliphatic carbocycles. The molecule has 0 spiro atoms. The number of rotatable bonds is 3. The average molecular weight is 315 g/mol. The number of anilines is 1. The predicted octanol–water partition coefficient (Wildman–Crippen LogP) is 3.05. The zero-order valence-corrected chi connectivity index (χ0v) is 10.1. The van der Waals surface area contributed by atoms with Crippen LogP contribution < -0.4 is 10.5 Å². The van der Waals surface area contributed by atoms with E-state index in [-0.39, 0.29) is 0 Å². The maximum Gasteiger partial charge on any atom is 0.146 e. The second-order valence-corrected chi connectivity index (χ2v) is 4.30. The topological polar surface area (TPSA) is 48.4 Å². The van der Waals surface area contributed by atoms with Gasteiger partial charge in [-0.3, -0.25) is 0 Å². The van der Waals surface area contributed by atoms with Crippen molar-refractivity contribution in [1.29, 1.82) is 0 Å². The van der Waals surface area contributed by atoms with Gasteiger partial charge in [-0.1, -0.05) is 0 Å². The van der Waals surface area contributed by atoms with Gasteiger partial charge in [0.1, 0.15) is 18.1 Å². The zero-order valence-electron chi connectivity index (χ0n) is 7.94. The summed E-state index contributed by atoms with van der Waals surface area (Å²) in [5.74, 6) is 1.47. The van der Waals surface area contributed by atoms with Crippen molar-refractivity contribution in [3.63, 3.8) is 0 Å². The standard InChI is InChI=1S/C11H10INO2/c12-8-3-4-11(10(13)6-8)15-7-9-2-1-5-14-9/h1-6H,7,13H2. The van der Waals surface area contributed by atoms with Crippen LogP contribution in [0.3, 0.4) is 0 Å². The van der Waals surface area contributed by atoms with Gasteiger partial charge >= 0.3 is 0 Å². The number of halogens is 1. The van der Waals surface area contributed by atoms with Gasteiger partial charge in [-0.15, -0.1) is 0 Å². The van der Waals surface area contributed by atoms with Gasteiger partial charge in [0, 0.05) is 3.57 Å². The molecular formula is C11H10INO2. The van der Waals surface area contributed by atoms with Crippen molar-refractivity contribution in [3.05, 3.63) is 45.9 Å². The Hall–Kier alpha value is -1.17. The summed E-state index contributed by atoms with van der Waals surface area (Å²) >= 11 is 2.21. The summed E-state index contributed by atoms with van der Waals surface area (Å²) < 4.78 is 11.8. The van der Waals surface area contributed by atoms with Crippen LogP contribution in [0.25, 0.3) is 0 Å². The summed E-state index contributed by atoms with van der Waals surface area (Å²) in [6.45, 7) is 0.401. The number of hydrogen-bond acceptors (Lipinski definition) is 3. The Bertz CT molecular complexity index is 440. The largest absolute Gasteiger partial charge is 0.483 e. The van der Waals surface area contributed by atoms with Crippen LogP contribution >= 0.6 is 22.6 Å². The molecule has 78 valence electrons. The van der Waals surface area contributed by atoms with Crippen molar-refractivity contribution in [2.45, 2.75) is 6.61 Å². The Kier molecular flexibility index (Phi) is 3.15. The molecule has 0 atom stereocenters. The summed E-state index contributed by atoms with van der Waals surface area (Å²) in [5, 5.41) is 0. The van der Waals surface area contributed by atoms with E-state index in [0.717, 1.165) is 9.33 Å². The molecule has 1 heterocycles. The minimum absolute atomic E-state index is 0.401. The third-order valence-electron chi connectivity index (χ3n) is 1.92. The summed E-state index contributed by atoms with van der Waals surface area (Å²) in [5.41, 5.74) is 6.45. The lowest BCUT2D eigenvalue weighted by molar-refractivity contribution is 0.271. The maximum absolute atomic E-state index is 5.80. The van der Waals surface area contributed by atoms with Crippen molar-refractivity contribution >= 4 is 28.3 Å². The Morgan fingerprint density at radius 2 is 2.20 bits per heavy atom. The van der Waals surface area contributed by atoms with E-state index in [9.17, 15) is 0 Å². The minimum atomic E-state index is 0.401. The maximum atomic E-state index is 5.80. The van der Waals surface area contributed by atoms with Crippen LogP contribution in [0.4, 0.5) is 5.69 Å². The normalized spacial score (nSPS) is 10.2. The number of benzene rings is 1. The van der Waals surface area contributed by atoms with Gasteiger partial charge < -0.3 is 14.9 Å². The quantitative estimate of drug-likeness (QED) is 0.699. The smallest absolute Gasteiger partial charge is 0.146 e. The van der Waals surface area contributed by atoms with Crippen molar-refractivity contribution in [2.75, 3.05) is 5.73 Å². The highest BCUT2D eigenvalue weighted by molar-refractivity contribution is 14.1. The Labute approximate surface area is 101 Å². The van der Waals surface area contributed by atoms with E-state index < -0.39 is 0 Å². The molecular weight excluding hydrogens is 305 g/mol. The van der Waals surface area contributed by atoms with Crippen LogP contribution in [0.1, 0.15) is 5.76 Å². The van der Waals surface area contributed by atoms with E-state index in [1.54, 1.807) is 6.26 Å². The number of nitrogen functional groups attached to an aromatic ring is 1. The molecule has 0 unspecified atom stereocenters. The zero-order chi connectivity index (χ0) is 10.7. The minimum Gasteiger partial charge on any atom is -0.483 e. The molecule has 0 aliphatic rings. The SMILES string of the molecule is Nc1cc(I)ccc1OCc1ccco1. The molecule has 0 aliphatic heterocycles. The Morgan fingerprint density at radius 3 is 2.87 bits per heavy atom. The highest BCUT2D eigenvalue weighted by atomic mass is 127. The predicted molar refractivity (Wildman–Crippen MR) is 66.6 cm³/mol. The highest BCUT2D eigenvalue weighted by Crippen LogP contribution is 2.24. The molecule has 3 nitrogen and oxygen atoms in total. The molecule has 1 aromatic heterocycles. The molecule has 0 bridgehead atoms. The molecule has 4 heteroatoms. The summed E-state index contributed by atoms with van der Waals surface area (Å²) in [6, 6.07) is 9.38. The van der Waals surface area contributed by atoms with E-state index in [0.29, 0.717) is 18.0 Å². The fourth-order valence-corrected chi connectivity index (χ4v) is 1.71. The molecule has 1 aromatic carbocycles. The molecule has 2 aromatic rings. The lowest BCUT2D eigenvalue weighted by atomic mass is 10.3. The highest BCUT2D eigenvalue weighted by Gasteiger charge is 2.02. The first kappa shape index (κ1) is 10.4. The number of hydrogen-bond donors (Lipinski definition) is 1. The molecule has 0 saturated heterocycles. The lowest BCUT2D eigenvalue weighted by Gasteiger charge is -2.07. The van der Waals surface area contributed by atoms with Gasteiger partial charge in [0.05, 0.1) is 12.0 Å². The molecule has 0 saturated carbocycles. The third-order valence-corrected chi connectivity index (χ3v) is 2.59. The van der Waals surface area contributed by atoms with E-state index in [1.807, 2.05) is 30.3 Å². The first-order chi connectivity index (χ1) is 7.25. The van der Waals surface area contributed by atoms with Gasteiger partial charge in [0.2, 0.25) is 0 Å². The van der Waals surface area contributed by atoms with Crippen molar-refractivity contribution in [3.8, 4) is 5.75 Å². The van der Waals surface area contributed by atoms with Crippen LogP contribution in [0.5, 0.6) is 5.75 Å². The van der Waals surface area contributed by atoms with Gasteiger partial charge in [-0.25, -0.2) is 0 Å². The van der Waals surface area contributed by atoms with Crippen molar-refractivity contribution in [2.24, 2.45) is 0 Å². The van der Waals surface area contributed by atoms with Crippen LogP contribution in [-0.2, 0) is 6.61 Å². The molecule has 2 rings (SSSR count). The van der Waals surface area contributed by atoms with Gasteiger partial charge in [-0.2, -0.15) is 0 Å². The fourth-order valence-electron chi connectivity index (χ4n) is 1.19.